The highest BCUT2D eigenvalue weighted by molar-refractivity contribution is 6.68. The summed E-state index contributed by atoms with van der Waals surface area (Å²) in [6.07, 6.45) is -0.683. The molecule has 1 nitrogen and oxygen atoms in total. The molecule has 8 heavy (non-hydrogen) atoms. The molecule has 0 N–H and O–H groups in total. The van der Waals surface area contributed by atoms with Crippen LogP contribution in [0.2, 0.25) is 0 Å². The molecule has 0 rings (SSSR count). The summed E-state index contributed by atoms with van der Waals surface area (Å²) < 4.78 is 9.52. The Morgan fingerprint density at radius 2 is 1.88 bits per heavy atom. The first-order chi connectivity index (χ1) is 3.42. The minimum Gasteiger partial charge on any atom is -0.261 e. The summed E-state index contributed by atoms with van der Waals surface area (Å²) in [5.74, 6) is 0. The maximum absolute atomic E-state index is 11.3. The van der Waals surface area contributed by atoms with Crippen LogP contribution in [0, 0.1) is 0 Å². The normalized spacial score (nSPS) is 11.5. The van der Waals surface area contributed by atoms with E-state index in [1.165, 1.54) is 0 Å². The Morgan fingerprint density at radius 1 is 1.50 bits per heavy atom. The fourth-order valence-corrected chi connectivity index (χ4v) is 0.473. The van der Waals surface area contributed by atoms with Gasteiger partial charge in [-0.2, -0.15) is 4.39 Å². The summed E-state index contributed by atoms with van der Waals surface area (Å²) in [4.78, 5) is 9.54. The van der Waals surface area contributed by atoms with E-state index in [1.54, 1.807) is 0 Å². The van der Waals surface area contributed by atoms with E-state index in [9.17, 15) is 9.18 Å². The molecule has 0 amide bonds. The molecule has 0 bridgehead atoms. The monoisotopic (exact) mass is 178 g/mol. The molecule has 0 aliphatic rings. The molecule has 48 valence electrons. The molecule has 5 heteroatoms. The van der Waals surface area contributed by atoms with Gasteiger partial charge >= 0.3 is 6.04 Å². The lowest BCUT2D eigenvalue weighted by molar-refractivity contribution is -0.129. The summed E-state index contributed by atoms with van der Waals surface area (Å²) in [6, 6.07) is -1.62. The molecule has 0 aliphatic heterocycles. The van der Waals surface area contributed by atoms with Gasteiger partial charge in [0.25, 0.3) is 0 Å². The van der Waals surface area contributed by atoms with E-state index in [0.717, 1.165) is 0 Å². The molecule has 0 aromatic carbocycles. The molecule has 0 fully saturated rings. The molecule has 0 spiro atoms. The van der Waals surface area contributed by atoms with Gasteiger partial charge in [0.2, 0.25) is 0 Å². The molecular weight excluding hydrogens is 177 g/mol. The first kappa shape index (κ1) is 8.47. The fourth-order valence-electron chi connectivity index (χ4n) is 0.158. The van der Waals surface area contributed by atoms with E-state index in [0.29, 0.717) is 0 Å². The van der Waals surface area contributed by atoms with Crippen LogP contribution in [-0.2, 0) is 4.79 Å². The van der Waals surface area contributed by atoms with E-state index in [-0.39, 0.29) is 0 Å². The number of halogens is 4. The molecule has 0 saturated heterocycles. The number of hydrogen-bond donors (Lipinski definition) is 0. The molecule has 0 atom stereocenters. The second-order valence-corrected chi connectivity index (χ2v) is 3.66. The average molecular weight is 179 g/mol. The van der Waals surface area contributed by atoms with Crippen LogP contribution >= 0.6 is 34.8 Å². The minimum absolute atomic E-state index is 0.683. The second kappa shape index (κ2) is 2.85. The van der Waals surface area contributed by atoms with Crippen molar-refractivity contribution >= 4 is 40.8 Å². The van der Waals surface area contributed by atoms with Gasteiger partial charge in [0.05, 0.1) is 6.42 Å². The molecule has 0 unspecified atom stereocenters. The summed E-state index contributed by atoms with van der Waals surface area (Å²) in [5, 5.41) is 0. The lowest BCUT2D eigenvalue weighted by Crippen LogP contribution is -2.06. The molecule has 0 aromatic rings. The zero-order chi connectivity index (χ0) is 6.78. The van der Waals surface area contributed by atoms with E-state index in [4.69, 9.17) is 34.8 Å². The smallest absolute Gasteiger partial charge is 0.261 e. The van der Waals surface area contributed by atoms with Gasteiger partial charge < -0.3 is 0 Å². The number of rotatable bonds is 1. The van der Waals surface area contributed by atoms with Crippen molar-refractivity contribution in [2.75, 3.05) is 0 Å². The van der Waals surface area contributed by atoms with Crippen LogP contribution in [0.5, 0.6) is 0 Å². The van der Waals surface area contributed by atoms with Crippen molar-refractivity contribution in [3.05, 3.63) is 0 Å². The third-order valence-corrected chi connectivity index (χ3v) is 0.740. The van der Waals surface area contributed by atoms with Crippen LogP contribution in [0.25, 0.3) is 0 Å². The van der Waals surface area contributed by atoms with E-state index >= 15 is 0 Å². The first-order valence-corrected chi connectivity index (χ1v) is 2.80. The zero-order valence-electron chi connectivity index (χ0n) is 3.63. The minimum atomic E-state index is -1.79. The van der Waals surface area contributed by atoms with Gasteiger partial charge in [0.1, 0.15) is 0 Å². The van der Waals surface area contributed by atoms with Gasteiger partial charge in [0.15, 0.2) is 3.79 Å². The highest BCUT2D eigenvalue weighted by Gasteiger charge is 2.23. The SMILES string of the molecule is O=C(F)CC(Cl)(Cl)Cl. The fraction of sp³-hybridized carbons (Fsp3) is 0.667. The van der Waals surface area contributed by atoms with Gasteiger partial charge in [-0.15, -0.1) is 0 Å². The molecule has 0 saturated carbocycles. The van der Waals surface area contributed by atoms with Crippen molar-refractivity contribution < 1.29 is 9.18 Å². The summed E-state index contributed by atoms with van der Waals surface area (Å²) in [6.45, 7) is 0. The van der Waals surface area contributed by atoms with Crippen LogP contribution in [0.3, 0.4) is 0 Å². The largest absolute Gasteiger partial charge is 0.305 e. The Kier molecular flexibility index (Phi) is 3.02. The summed E-state index contributed by atoms with van der Waals surface area (Å²) >= 11 is 15.0. The Bertz CT molecular complexity index is 97.2. The quantitative estimate of drug-likeness (QED) is 0.446. The number of carbonyl (C=O) groups is 1. The van der Waals surface area contributed by atoms with Crippen molar-refractivity contribution in [3.8, 4) is 0 Å². The predicted octanol–water partition coefficient (Wildman–Crippen LogP) is 2.24. The van der Waals surface area contributed by atoms with Gasteiger partial charge in [-0.3, -0.25) is 4.79 Å². The van der Waals surface area contributed by atoms with Gasteiger partial charge in [-0.1, -0.05) is 34.8 Å². The molecule has 0 radical (unpaired) electrons. The highest BCUT2D eigenvalue weighted by Crippen LogP contribution is 2.29. The van der Waals surface area contributed by atoms with E-state index in [2.05, 4.69) is 0 Å². The van der Waals surface area contributed by atoms with Crippen molar-refractivity contribution in [1.29, 1.82) is 0 Å². The van der Waals surface area contributed by atoms with Gasteiger partial charge in [-0.25, -0.2) is 0 Å². The third-order valence-electron chi connectivity index (χ3n) is 0.339. The molecule has 0 aromatic heterocycles. The topological polar surface area (TPSA) is 17.1 Å². The Hall–Kier alpha value is 0.470. The Morgan fingerprint density at radius 3 is 1.88 bits per heavy atom. The summed E-state index contributed by atoms with van der Waals surface area (Å²) in [7, 11) is 0. The lowest BCUT2D eigenvalue weighted by atomic mass is 10.5. The predicted molar refractivity (Wildman–Crippen MR) is 31.0 cm³/mol. The maximum atomic E-state index is 11.3. The van der Waals surface area contributed by atoms with Crippen molar-refractivity contribution in [2.24, 2.45) is 0 Å². The van der Waals surface area contributed by atoms with Crippen LogP contribution in [0.1, 0.15) is 6.42 Å². The highest BCUT2D eigenvalue weighted by atomic mass is 35.6. The van der Waals surface area contributed by atoms with Crippen LogP contribution in [0.15, 0.2) is 0 Å². The Labute approximate surface area is 60.7 Å². The average Bonchev–Trinajstić information content (AvgIpc) is 1.21. The van der Waals surface area contributed by atoms with E-state index < -0.39 is 16.3 Å². The molecule has 0 heterocycles. The van der Waals surface area contributed by atoms with Gasteiger partial charge in [-0.05, 0) is 0 Å². The van der Waals surface area contributed by atoms with Crippen LogP contribution < -0.4 is 0 Å². The third kappa shape index (κ3) is 6.47. The maximum Gasteiger partial charge on any atom is 0.305 e. The van der Waals surface area contributed by atoms with E-state index in [1.807, 2.05) is 0 Å². The van der Waals surface area contributed by atoms with Crippen molar-refractivity contribution in [2.45, 2.75) is 10.2 Å². The second-order valence-electron chi connectivity index (χ2n) is 1.15. The van der Waals surface area contributed by atoms with Crippen molar-refractivity contribution in [1.82, 2.24) is 0 Å². The molecule has 0 aliphatic carbocycles. The van der Waals surface area contributed by atoms with Crippen LogP contribution in [-0.4, -0.2) is 9.83 Å². The van der Waals surface area contributed by atoms with Gasteiger partial charge in [0, 0.05) is 0 Å². The van der Waals surface area contributed by atoms with Crippen LogP contribution in [0.4, 0.5) is 4.39 Å². The zero-order valence-corrected chi connectivity index (χ0v) is 5.89. The number of carbonyl (C=O) groups excluding carboxylic acids is 1. The molecular formula is C3H2Cl3FO. The summed E-state index contributed by atoms with van der Waals surface area (Å²) in [5.41, 5.74) is 0. The number of hydrogen-bond acceptors (Lipinski definition) is 1. The standard InChI is InChI=1S/C3H2Cl3FO/c4-3(5,6)1-2(7)8/h1H2. The Balaban J connectivity index is 3.55. The lowest BCUT2D eigenvalue weighted by Gasteiger charge is -2.03. The first-order valence-electron chi connectivity index (χ1n) is 1.67. The van der Waals surface area contributed by atoms with Crippen molar-refractivity contribution in [3.63, 3.8) is 0 Å². The number of alkyl halides is 3.